The molecule has 0 spiro atoms. The Morgan fingerprint density at radius 1 is 0.688 bits per heavy atom. The standard InChI is InChI=1S/C29H51NO2/c1-3-4-5-6-7-8-9-10-11-12-13-19-25-30(2,26-20-15-18-23-29(31)32)27-24-28-21-16-14-17-22-28/h14,16-17,21-22H,3-13,15,18-20,23-27H2,1-2H3. The minimum absolute atomic E-state index is 0.201. The van der Waals surface area contributed by atoms with Gasteiger partial charge in [0.05, 0.1) is 26.7 Å². The number of rotatable bonds is 22. The minimum atomic E-state index is -0.914. The van der Waals surface area contributed by atoms with E-state index >= 15 is 0 Å². The SMILES string of the molecule is CCCCCCCCCCCCCC[N+](C)(CCCCCC(=O)[O-])CCc1ccccc1. The lowest BCUT2D eigenvalue weighted by Crippen LogP contribution is -2.47. The summed E-state index contributed by atoms with van der Waals surface area (Å²) >= 11 is 0. The number of hydrogen-bond acceptors (Lipinski definition) is 2. The molecule has 1 rings (SSSR count). The summed E-state index contributed by atoms with van der Waals surface area (Å²) in [5.41, 5.74) is 1.42. The Morgan fingerprint density at radius 3 is 1.66 bits per heavy atom. The third-order valence-electron chi connectivity index (χ3n) is 6.91. The molecule has 3 nitrogen and oxygen atoms in total. The summed E-state index contributed by atoms with van der Waals surface area (Å²) in [5, 5.41) is 10.6. The van der Waals surface area contributed by atoms with Crippen molar-refractivity contribution in [2.45, 2.75) is 116 Å². The van der Waals surface area contributed by atoms with Gasteiger partial charge in [0, 0.05) is 12.4 Å². The molecule has 0 radical (unpaired) electrons. The zero-order valence-electron chi connectivity index (χ0n) is 21.3. The third-order valence-corrected chi connectivity index (χ3v) is 6.91. The number of benzene rings is 1. The molecule has 1 unspecified atom stereocenters. The second kappa shape index (κ2) is 19.1. The molecule has 0 saturated heterocycles. The van der Waals surface area contributed by atoms with Crippen molar-refractivity contribution in [2.24, 2.45) is 0 Å². The number of carbonyl (C=O) groups excluding carboxylic acids is 1. The lowest BCUT2D eigenvalue weighted by molar-refractivity contribution is -0.909. The predicted octanol–water partition coefficient (Wildman–Crippen LogP) is 6.69. The average Bonchev–Trinajstić information content (AvgIpc) is 2.79. The molecule has 184 valence electrons. The summed E-state index contributed by atoms with van der Waals surface area (Å²) in [5.74, 6) is -0.914. The molecule has 1 atom stereocenters. The summed E-state index contributed by atoms with van der Waals surface area (Å²) < 4.78 is 1.11. The second-order valence-electron chi connectivity index (χ2n) is 10.1. The molecule has 1 aromatic rings. The van der Waals surface area contributed by atoms with Gasteiger partial charge >= 0.3 is 0 Å². The van der Waals surface area contributed by atoms with Crippen molar-refractivity contribution in [2.75, 3.05) is 26.7 Å². The fraction of sp³-hybridized carbons (Fsp3) is 0.759. The van der Waals surface area contributed by atoms with Gasteiger partial charge in [0.15, 0.2) is 0 Å². The highest BCUT2D eigenvalue weighted by Gasteiger charge is 2.20. The third kappa shape index (κ3) is 16.3. The maximum absolute atomic E-state index is 10.6. The lowest BCUT2D eigenvalue weighted by Gasteiger charge is -2.35. The molecule has 0 fully saturated rings. The highest BCUT2D eigenvalue weighted by atomic mass is 16.4. The number of likely N-dealkylation sites (N-methyl/N-ethyl adjacent to an activating group) is 1. The van der Waals surface area contributed by atoms with Gasteiger partial charge in [-0.1, -0.05) is 101 Å². The van der Waals surface area contributed by atoms with Gasteiger partial charge < -0.3 is 14.4 Å². The molecule has 0 heterocycles. The van der Waals surface area contributed by atoms with Crippen molar-refractivity contribution < 1.29 is 14.4 Å². The van der Waals surface area contributed by atoms with E-state index in [1.807, 2.05) is 0 Å². The van der Waals surface area contributed by atoms with Crippen LogP contribution in [0.3, 0.4) is 0 Å². The summed E-state index contributed by atoms with van der Waals surface area (Å²) in [6.45, 7) is 5.84. The molecule has 3 heteroatoms. The van der Waals surface area contributed by atoms with Crippen LogP contribution in [0.25, 0.3) is 0 Å². The molecule has 0 saturated carbocycles. The van der Waals surface area contributed by atoms with E-state index in [1.165, 1.54) is 95.7 Å². The van der Waals surface area contributed by atoms with E-state index < -0.39 is 5.97 Å². The zero-order valence-corrected chi connectivity index (χ0v) is 21.3. The maximum Gasteiger partial charge on any atom is 0.0825 e. The van der Waals surface area contributed by atoms with E-state index in [-0.39, 0.29) is 6.42 Å². The molecule has 1 aromatic carbocycles. The number of aliphatic carboxylic acids is 1. The Hall–Kier alpha value is -1.35. The molecule has 32 heavy (non-hydrogen) atoms. The van der Waals surface area contributed by atoms with Crippen LogP contribution in [-0.2, 0) is 11.2 Å². The first-order chi connectivity index (χ1) is 15.6. The quantitative estimate of drug-likeness (QED) is 0.147. The normalized spacial score (nSPS) is 13.2. The van der Waals surface area contributed by atoms with Gasteiger partial charge in [-0.15, -0.1) is 0 Å². The highest BCUT2D eigenvalue weighted by Crippen LogP contribution is 2.16. The smallest absolute Gasteiger partial charge is 0.0825 e. The molecule has 0 bridgehead atoms. The van der Waals surface area contributed by atoms with E-state index in [0.717, 1.165) is 36.7 Å². The number of carbonyl (C=O) groups is 1. The number of quaternary nitrogens is 1. The van der Waals surface area contributed by atoms with E-state index in [0.29, 0.717) is 0 Å². The summed E-state index contributed by atoms with van der Waals surface area (Å²) in [7, 11) is 2.40. The molecule has 0 N–H and O–H groups in total. The first-order valence-electron chi connectivity index (χ1n) is 13.6. The summed E-state index contributed by atoms with van der Waals surface area (Å²) in [6.07, 6.45) is 20.9. The van der Waals surface area contributed by atoms with Gasteiger partial charge in [-0.05, 0) is 44.1 Å². The van der Waals surface area contributed by atoms with Crippen molar-refractivity contribution >= 4 is 5.97 Å². The topological polar surface area (TPSA) is 40.1 Å². The van der Waals surface area contributed by atoms with Gasteiger partial charge in [-0.25, -0.2) is 0 Å². The van der Waals surface area contributed by atoms with Gasteiger partial charge in [-0.3, -0.25) is 0 Å². The van der Waals surface area contributed by atoms with E-state index in [1.54, 1.807) is 0 Å². The Kier molecular flexibility index (Phi) is 17.2. The predicted molar refractivity (Wildman–Crippen MR) is 135 cm³/mol. The van der Waals surface area contributed by atoms with Crippen LogP contribution < -0.4 is 5.11 Å². The molecule has 0 aliphatic carbocycles. The fourth-order valence-electron chi connectivity index (χ4n) is 4.65. The van der Waals surface area contributed by atoms with Crippen LogP contribution in [0.1, 0.15) is 115 Å². The van der Waals surface area contributed by atoms with Crippen molar-refractivity contribution in [3.8, 4) is 0 Å². The van der Waals surface area contributed by atoms with Crippen LogP contribution in [0.2, 0.25) is 0 Å². The van der Waals surface area contributed by atoms with Gasteiger partial charge in [0.2, 0.25) is 0 Å². The maximum atomic E-state index is 10.6. The van der Waals surface area contributed by atoms with Crippen molar-refractivity contribution in [1.29, 1.82) is 0 Å². The van der Waals surface area contributed by atoms with Crippen LogP contribution >= 0.6 is 0 Å². The summed E-state index contributed by atoms with van der Waals surface area (Å²) in [4.78, 5) is 10.6. The van der Waals surface area contributed by atoms with Gasteiger partial charge in [0.1, 0.15) is 0 Å². The van der Waals surface area contributed by atoms with Crippen LogP contribution in [0, 0.1) is 0 Å². The monoisotopic (exact) mass is 445 g/mol. The van der Waals surface area contributed by atoms with Crippen LogP contribution in [-0.4, -0.2) is 37.1 Å². The van der Waals surface area contributed by atoms with Crippen molar-refractivity contribution in [3.63, 3.8) is 0 Å². The Bertz CT molecular complexity index is 560. The number of carboxylic acids is 1. The molecule has 0 aromatic heterocycles. The average molecular weight is 446 g/mol. The Morgan fingerprint density at radius 2 is 1.16 bits per heavy atom. The van der Waals surface area contributed by atoms with E-state index in [4.69, 9.17) is 0 Å². The van der Waals surface area contributed by atoms with Gasteiger partial charge in [-0.2, -0.15) is 0 Å². The number of hydrogen-bond donors (Lipinski definition) is 0. The van der Waals surface area contributed by atoms with E-state index in [2.05, 4.69) is 44.3 Å². The molecular formula is C29H51NO2. The molecule has 0 amide bonds. The Labute approximate surface area is 199 Å². The number of nitrogens with zero attached hydrogens (tertiary/aromatic N) is 1. The molecule has 0 aliphatic rings. The first-order valence-corrected chi connectivity index (χ1v) is 13.6. The minimum Gasteiger partial charge on any atom is -0.550 e. The molecular weight excluding hydrogens is 394 g/mol. The number of unbranched alkanes of at least 4 members (excludes halogenated alkanes) is 13. The number of carboxylic acid groups (broad SMARTS) is 1. The lowest BCUT2D eigenvalue weighted by atomic mass is 10.0. The fourth-order valence-corrected chi connectivity index (χ4v) is 4.65. The van der Waals surface area contributed by atoms with Crippen molar-refractivity contribution in [1.82, 2.24) is 0 Å². The zero-order chi connectivity index (χ0) is 23.3. The second-order valence-corrected chi connectivity index (χ2v) is 10.1. The van der Waals surface area contributed by atoms with Crippen molar-refractivity contribution in [3.05, 3.63) is 35.9 Å². The van der Waals surface area contributed by atoms with E-state index in [9.17, 15) is 9.90 Å². The van der Waals surface area contributed by atoms with Crippen LogP contribution in [0.15, 0.2) is 30.3 Å². The Balaban J connectivity index is 2.22. The largest absolute Gasteiger partial charge is 0.550 e. The van der Waals surface area contributed by atoms with Crippen LogP contribution in [0.4, 0.5) is 0 Å². The first kappa shape index (κ1) is 28.7. The summed E-state index contributed by atoms with van der Waals surface area (Å²) in [6, 6.07) is 10.8. The molecule has 0 aliphatic heterocycles. The van der Waals surface area contributed by atoms with Gasteiger partial charge in [0.25, 0.3) is 0 Å². The highest BCUT2D eigenvalue weighted by molar-refractivity contribution is 5.64. The van der Waals surface area contributed by atoms with Crippen LogP contribution in [0.5, 0.6) is 0 Å².